The van der Waals surface area contributed by atoms with Crippen molar-refractivity contribution >= 4 is 15.3 Å². The molecule has 0 aliphatic carbocycles. The number of quaternary nitrogens is 1. The minimum Gasteiger partial charge on any atom is -0.369 e. The summed E-state index contributed by atoms with van der Waals surface area (Å²) in [6.45, 7) is 0. The summed E-state index contributed by atoms with van der Waals surface area (Å²) in [4.78, 5) is 0. The molecule has 1 atom stereocenters. The number of rotatable bonds is 1. The molecular weight excluding hydrogens is 205 g/mol. The zero-order valence-corrected chi connectivity index (χ0v) is 7.28. The molecule has 0 heterocycles. The average molecular weight is 213 g/mol. The van der Waals surface area contributed by atoms with Crippen molar-refractivity contribution in [3.8, 4) is 0 Å². The molecule has 6 heteroatoms. The van der Waals surface area contributed by atoms with Gasteiger partial charge in [-0.25, -0.2) is 0 Å². The van der Waals surface area contributed by atoms with Crippen molar-refractivity contribution in [3.63, 3.8) is 0 Å². The Labute approximate surface area is 57.5 Å². The Balaban J connectivity index is -0.0000000800. The van der Waals surface area contributed by atoms with Crippen molar-refractivity contribution in [1.82, 2.24) is 6.15 Å². The maximum atomic E-state index is 9.28. The van der Waals surface area contributed by atoms with Gasteiger partial charge in [-0.15, -0.1) is 0 Å². The van der Waals surface area contributed by atoms with Crippen molar-refractivity contribution in [1.29, 1.82) is 0 Å². The van der Waals surface area contributed by atoms with Crippen molar-refractivity contribution in [2.75, 3.05) is 7.11 Å². The van der Waals surface area contributed by atoms with E-state index in [9.17, 15) is 7.84 Å². The molecule has 0 radical (unpaired) electrons. The molecule has 0 saturated carbocycles. The second kappa shape index (κ2) is 9.90. The van der Waals surface area contributed by atoms with E-state index in [-0.39, 0.29) is 23.2 Å². The molecule has 0 aromatic carbocycles. The fourth-order valence-electron chi connectivity index (χ4n) is 0. The predicted octanol–water partition coefficient (Wildman–Crippen LogP) is -1.49. The van der Waals surface area contributed by atoms with Gasteiger partial charge in [0.15, 0.2) is 0 Å². The molecule has 7 heavy (non-hydrogen) atoms. The van der Waals surface area contributed by atoms with Gasteiger partial charge in [-0.3, -0.25) is 0 Å². The van der Waals surface area contributed by atoms with E-state index in [1.165, 1.54) is 0 Å². The maximum Gasteiger partial charge on any atom is 0 e. The van der Waals surface area contributed by atoms with Crippen molar-refractivity contribution in [3.05, 3.63) is 0 Å². The summed E-state index contributed by atoms with van der Waals surface area (Å²) in [6.07, 6.45) is 0. The van der Waals surface area contributed by atoms with Crippen LogP contribution in [-0.2, 0) is 24.5 Å². The third-order valence-corrected chi connectivity index (χ3v) is 0.866. The molecule has 0 fully saturated rings. The van der Waals surface area contributed by atoms with E-state index in [1.54, 1.807) is 0 Å². The number of hydrogen-bond acceptors (Lipinski definition) is 3. The minimum atomic E-state index is -3.36. The van der Waals surface area contributed by atoms with Crippen LogP contribution in [0, 0.1) is 0 Å². The molecule has 0 amide bonds. The predicted molar refractivity (Wildman–Crippen MR) is 20.8 cm³/mol. The second-order valence-electron chi connectivity index (χ2n) is 0.454. The molecule has 0 bridgehead atoms. The first-order valence-electron chi connectivity index (χ1n) is 1.02. The first-order chi connectivity index (χ1) is 2.27. The maximum absolute atomic E-state index is 9.28. The standard InChI is InChI=1S/CH5AsO3.Fe.H3N/c1-5-2(3)4;;/h2H,1H3,(H,3,4);;1H3. The smallest absolute Gasteiger partial charge is 0 e. The van der Waals surface area contributed by atoms with Crippen LogP contribution >= 0.6 is 0 Å². The van der Waals surface area contributed by atoms with Crippen LogP contribution in [0.3, 0.4) is 0 Å². The van der Waals surface area contributed by atoms with Gasteiger partial charge in [0.1, 0.15) is 0 Å². The Kier molecular flexibility index (Phi) is 22.1. The summed E-state index contributed by atoms with van der Waals surface area (Å²) in [7, 11) is 1.15. The summed E-state index contributed by atoms with van der Waals surface area (Å²) < 4.78 is 22.4. The first kappa shape index (κ1) is 15.7. The fraction of sp³-hybridized carbons (Fsp3) is 1.00. The average Bonchev–Trinajstić information content (AvgIpc) is 1.38. The molecule has 0 aliphatic heterocycles. The summed E-state index contributed by atoms with van der Waals surface area (Å²) in [5.41, 5.74) is 0. The Bertz CT molecular complexity index is 50.2. The molecule has 0 spiro atoms. The Morgan fingerprint density at radius 3 is 1.86 bits per heavy atom. The van der Waals surface area contributed by atoms with E-state index >= 15 is 0 Å². The van der Waals surface area contributed by atoms with Gasteiger partial charge in [0.25, 0.3) is 0 Å². The molecule has 0 aliphatic rings. The van der Waals surface area contributed by atoms with Gasteiger partial charge in [-0.1, -0.05) is 0 Å². The molecule has 0 aromatic rings. The van der Waals surface area contributed by atoms with E-state index < -0.39 is 15.3 Å². The van der Waals surface area contributed by atoms with Gasteiger partial charge in [-0.2, -0.15) is 0 Å². The topological polar surface area (TPSA) is 85.9 Å². The molecule has 4 nitrogen and oxygen atoms in total. The molecular formula is CH8AsFeNO3. The van der Waals surface area contributed by atoms with Crippen LogP contribution < -0.4 is 10.2 Å². The van der Waals surface area contributed by atoms with Crippen LogP contribution in [0.15, 0.2) is 0 Å². The van der Waals surface area contributed by atoms with Gasteiger partial charge in [0, 0.05) is 17.1 Å². The molecule has 0 saturated heterocycles. The van der Waals surface area contributed by atoms with Crippen LogP contribution in [0.25, 0.3) is 0 Å². The molecule has 0 rings (SSSR count). The van der Waals surface area contributed by atoms with E-state index in [4.69, 9.17) is 0 Å². The molecule has 1 unspecified atom stereocenters. The normalized spacial score (nSPS) is 10.6. The minimum absolute atomic E-state index is 0. The monoisotopic (exact) mass is 213 g/mol. The first-order valence-corrected chi connectivity index (χ1v) is 3.59. The van der Waals surface area contributed by atoms with Gasteiger partial charge >= 0.3 is 33.9 Å². The zero-order valence-electron chi connectivity index (χ0n) is 4.08. The van der Waals surface area contributed by atoms with Gasteiger partial charge < -0.3 is 6.15 Å². The van der Waals surface area contributed by atoms with Crippen LogP contribution in [0.2, 0.25) is 0 Å². The van der Waals surface area contributed by atoms with Crippen molar-refractivity contribution in [2.24, 2.45) is 0 Å². The third kappa shape index (κ3) is 20.1. The van der Waals surface area contributed by atoms with Gasteiger partial charge in [0.2, 0.25) is 0 Å². The van der Waals surface area contributed by atoms with Crippen molar-refractivity contribution in [2.45, 2.75) is 0 Å². The van der Waals surface area contributed by atoms with E-state index in [2.05, 4.69) is 3.73 Å². The van der Waals surface area contributed by atoms with Crippen molar-refractivity contribution < 1.29 is 28.6 Å². The SMILES string of the molecule is CO[AsH](=O)[O-].[Fe].[NH4+]. The van der Waals surface area contributed by atoms with Crippen LogP contribution in [-0.4, -0.2) is 22.4 Å². The van der Waals surface area contributed by atoms with Crippen LogP contribution in [0.5, 0.6) is 0 Å². The largest absolute Gasteiger partial charge is 0.369 e. The van der Waals surface area contributed by atoms with Gasteiger partial charge in [-0.05, 0) is 0 Å². The molecule has 4 N–H and O–H groups in total. The van der Waals surface area contributed by atoms with E-state index in [0.717, 1.165) is 7.11 Å². The fourth-order valence-corrected chi connectivity index (χ4v) is 0. The molecule has 48 valence electrons. The quantitative estimate of drug-likeness (QED) is 0.538. The summed E-state index contributed by atoms with van der Waals surface area (Å²) in [5, 5.41) is 0. The summed E-state index contributed by atoms with van der Waals surface area (Å²) in [5.74, 6) is 0. The van der Waals surface area contributed by atoms with Crippen LogP contribution in [0.1, 0.15) is 0 Å². The van der Waals surface area contributed by atoms with Gasteiger partial charge in [0.05, 0.1) is 0 Å². The van der Waals surface area contributed by atoms with Crippen LogP contribution in [0.4, 0.5) is 0 Å². The Hall–Kier alpha value is 0.758. The Morgan fingerprint density at radius 1 is 1.71 bits per heavy atom. The van der Waals surface area contributed by atoms with E-state index in [1.807, 2.05) is 0 Å². The zero-order chi connectivity index (χ0) is 4.28. The second-order valence-corrected chi connectivity index (χ2v) is 2.36. The summed E-state index contributed by atoms with van der Waals surface area (Å²) >= 11 is -3.36. The number of hydrogen-bond donors (Lipinski definition) is 1. The third-order valence-electron chi connectivity index (χ3n) is 0.167. The summed E-state index contributed by atoms with van der Waals surface area (Å²) in [6, 6.07) is 0. The Morgan fingerprint density at radius 2 is 1.86 bits per heavy atom. The molecule has 0 aromatic heterocycles. The van der Waals surface area contributed by atoms with E-state index in [0.29, 0.717) is 0 Å².